The van der Waals surface area contributed by atoms with E-state index < -0.39 is 4.92 Å². The minimum atomic E-state index is -0.402. The summed E-state index contributed by atoms with van der Waals surface area (Å²) in [6.45, 7) is 2.54. The molecule has 0 spiro atoms. The predicted molar refractivity (Wildman–Crippen MR) is 99.0 cm³/mol. The number of nitro benzene ring substituents is 1. The number of aromatic nitrogens is 2. The number of anilines is 2. The van der Waals surface area contributed by atoms with Crippen molar-refractivity contribution in [1.29, 1.82) is 0 Å². The molecule has 0 bridgehead atoms. The van der Waals surface area contributed by atoms with Gasteiger partial charge < -0.3 is 10.2 Å². The molecule has 1 aromatic heterocycles. The molecule has 128 valence electrons. The number of rotatable bonds is 5. The Morgan fingerprint density at radius 2 is 1.84 bits per heavy atom. The second-order valence-electron chi connectivity index (χ2n) is 6.01. The minimum absolute atomic E-state index is 0.0850. The molecule has 0 amide bonds. The Morgan fingerprint density at radius 1 is 1.12 bits per heavy atom. The first-order valence-electron chi connectivity index (χ1n) is 7.87. The van der Waals surface area contributed by atoms with Gasteiger partial charge in [-0.15, -0.1) is 0 Å². The van der Waals surface area contributed by atoms with Gasteiger partial charge in [-0.1, -0.05) is 24.3 Å². The van der Waals surface area contributed by atoms with Crippen LogP contribution in [0.4, 0.5) is 17.5 Å². The fraction of sp³-hybridized carbons (Fsp3) is 0.222. The van der Waals surface area contributed by atoms with Gasteiger partial charge in [0, 0.05) is 38.2 Å². The van der Waals surface area contributed by atoms with Crippen LogP contribution in [0.1, 0.15) is 11.1 Å². The van der Waals surface area contributed by atoms with Crippen molar-refractivity contribution in [2.75, 3.05) is 24.3 Å². The lowest BCUT2D eigenvalue weighted by atomic mass is 10.1. The number of benzene rings is 2. The normalized spacial score (nSPS) is 10.7. The molecule has 0 unspecified atom stereocenters. The highest BCUT2D eigenvalue weighted by Crippen LogP contribution is 2.26. The van der Waals surface area contributed by atoms with E-state index in [2.05, 4.69) is 15.3 Å². The number of para-hydroxylation sites is 1. The molecule has 2 aromatic carbocycles. The highest BCUT2D eigenvalue weighted by atomic mass is 16.6. The number of non-ortho nitro benzene ring substituents is 1. The van der Waals surface area contributed by atoms with Crippen molar-refractivity contribution >= 4 is 28.4 Å². The molecule has 7 nitrogen and oxygen atoms in total. The van der Waals surface area contributed by atoms with E-state index in [1.807, 2.05) is 44.1 Å². The van der Waals surface area contributed by atoms with Crippen LogP contribution in [0.25, 0.3) is 10.9 Å². The van der Waals surface area contributed by atoms with E-state index in [-0.39, 0.29) is 5.69 Å². The summed E-state index contributed by atoms with van der Waals surface area (Å²) in [4.78, 5) is 21.4. The lowest BCUT2D eigenvalue weighted by Gasteiger charge is -2.15. The van der Waals surface area contributed by atoms with Gasteiger partial charge in [0.25, 0.3) is 5.69 Å². The Labute approximate surface area is 145 Å². The summed E-state index contributed by atoms with van der Waals surface area (Å²) in [6.07, 6.45) is 0. The van der Waals surface area contributed by atoms with Crippen molar-refractivity contribution in [3.8, 4) is 0 Å². The SMILES string of the molecule is Cc1cccc2c(NCc3ccc([N+](=O)[O-])cc3)nc(N(C)C)nc12. The van der Waals surface area contributed by atoms with Crippen LogP contribution in [0.2, 0.25) is 0 Å². The zero-order valence-corrected chi connectivity index (χ0v) is 14.4. The Morgan fingerprint density at radius 3 is 2.48 bits per heavy atom. The Kier molecular flexibility index (Phi) is 4.47. The zero-order chi connectivity index (χ0) is 18.0. The molecule has 0 aliphatic heterocycles. The van der Waals surface area contributed by atoms with Gasteiger partial charge in [0.1, 0.15) is 5.82 Å². The predicted octanol–water partition coefficient (Wildman–Crippen LogP) is 3.52. The van der Waals surface area contributed by atoms with E-state index >= 15 is 0 Å². The molecule has 0 radical (unpaired) electrons. The number of nitrogens with one attached hydrogen (secondary N) is 1. The third-order valence-corrected chi connectivity index (χ3v) is 3.92. The molecule has 1 N–H and O–H groups in total. The average molecular weight is 337 g/mol. The summed E-state index contributed by atoms with van der Waals surface area (Å²) in [5, 5.41) is 15.0. The van der Waals surface area contributed by atoms with Crippen molar-refractivity contribution in [2.45, 2.75) is 13.5 Å². The topological polar surface area (TPSA) is 84.2 Å². The van der Waals surface area contributed by atoms with E-state index in [1.165, 1.54) is 12.1 Å². The molecule has 7 heteroatoms. The van der Waals surface area contributed by atoms with Crippen molar-refractivity contribution in [3.63, 3.8) is 0 Å². The van der Waals surface area contributed by atoms with Crippen LogP contribution in [0.15, 0.2) is 42.5 Å². The van der Waals surface area contributed by atoms with Crippen LogP contribution in [0.5, 0.6) is 0 Å². The van der Waals surface area contributed by atoms with Crippen LogP contribution < -0.4 is 10.2 Å². The van der Waals surface area contributed by atoms with Gasteiger partial charge in [-0.2, -0.15) is 4.98 Å². The lowest BCUT2D eigenvalue weighted by molar-refractivity contribution is -0.384. The summed E-state index contributed by atoms with van der Waals surface area (Å²) in [5.41, 5.74) is 3.02. The van der Waals surface area contributed by atoms with Gasteiger partial charge in [-0.05, 0) is 24.1 Å². The molecule has 0 saturated heterocycles. The molecule has 0 aliphatic rings. The van der Waals surface area contributed by atoms with Gasteiger partial charge >= 0.3 is 0 Å². The van der Waals surface area contributed by atoms with Gasteiger partial charge in [-0.25, -0.2) is 4.98 Å². The summed E-state index contributed by atoms with van der Waals surface area (Å²) < 4.78 is 0. The molecule has 25 heavy (non-hydrogen) atoms. The summed E-state index contributed by atoms with van der Waals surface area (Å²) >= 11 is 0. The molecule has 0 atom stereocenters. The number of aryl methyl sites for hydroxylation is 1. The van der Waals surface area contributed by atoms with Crippen molar-refractivity contribution in [1.82, 2.24) is 9.97 Å². The van der Waals surface area contributed by atoms with Crippen LogP contribution in [-0.2, 0) is 6.54 Å². The molecule has 1 heterocycles. The first-order chi connectivity index (χ1) is 12.0. The first-order valence-corrected chi connectivity index (χ1v) is 7.87. The van der Waals surface area contributed by atoms with Crippen molar-refractivity contribution < 1.29 is 4.92 Å². The van der Waals surface area contributed by atoms with Crippen LogP contribution in [-0.4, -0.2) is 29.0 Å². The van der Waals surface area contributed by atoms with E-state index in [1.54, 1.807) is 12.1 Å². The third kappa shape index (κ3) is 3.50. The molecule has 0 aliphatic carbocycles. The lowest BCUT2D eigenvalue weighted by Crippen LogP contribution is -2.14. The highest BCUT2D eigenvalue weighted by molar-refractivity contribution is 5.92. The number of nitrogens with zero attached hydrogens (tertiary/aromatic N) is 4. The maximum atomic E-state index is 10.7. The Bertz CT molecular complexity index is 923. The van der Waals surface area contributed by atoms with Crippen LogP contribution in [0.3, 0.4) is 0 Å². The third-order valence-electron chi connectivity index (χ3n) is 3.92. The highest BCUT2D eigenvalue weighted by Gasteiger charge is 2.11. The standard InChI is InChI=1S/C18H19N5O2/c1-12-5-4-6-15-16(12)20-18(22(2)3)21-17(15)19-11-13-7-9-14(10-8-13)23(24)25/h4-10H,11H2,1-3H3,(H,19,20,21). The second kappa shape index (κ2) is 6.72. The number of hydrogen-bond donors (Lipinski definition) is 1. The van der Waals surface area contributed by atoms with Gasteiger partial charge in [0.05, 0.1) is 10.4 Å². The van der Waals surface area contributed by atoms with Crippen LogP contribution in [0, 0.1) is 17.0 Å². The molecule has 3 rings (SSSR count). The number of nitro groups is 1. The Balaban J connectivity index is 1.92. The minimum Gasteiger partial charge on any atom is -0.365 e. The average Bonchev–Trinajstić information content (AvgIpc) is 2.60. The Hall–Kier alpha value is -3.22. The fourth-order valence-corrected chi connectivity index (χ4v) is 2.54. The number of hydrogen-bond acceptors (Lipinski definition) is 6. The zero-order valence-electron chi connectivity index (χ0n) is 14.4. The molecule has 3 aromatic rings. The summed E-state index contributed by atoms with van der Waals surface area (Å²) in [5.74, 6) is 1.38. The molecule has 0 fully saturated rings. The van der Waals surface area contributed by atoms with E-state index in [0.29, 0.717) is 12.5 Å². The van der Waals surface area contributed by atoms with E-state index in [4.69, 9.17) is 0 Å². The summed E-state index contributed by atoms with van der Waals surface area (Å²) in [7, 11) is 3.80. The van der Waals surface area contributed by atoms with Crippen molar-refractivity contribution in [2.24, 2.45) is 0 Å². The van der Waals surface area contributed by atoms with Gasteiger partial charge in [-0.3, -0.25) is 10.1 Å². The quantitative estimate of drug-likeness (QED) is 0.566. The second-order valence-corrected chi connectivity index (χ2v) is 6.01. The van der Waals surface area contributed by atoms with Crippen LogP contribution >= 0.6 is 0 Å². The van der Waals surface area contributed by atoms with E-state index in [9.17, 15) is 10.1 Å². The maximum absolute atomic E-state index is 10.7. The largest absolute Gasteiger partial charge is 0.365 e. The first kappa shape index (κ1) is 16.6. The fourth-order valence-electron chi connectivity index (χ4n) is 2.54. The van der Waals surface area contributed by atoms with Gasteiger partial charge in [0.15, 0.2) is 0 Å². The van der Waals surface area contributed by atoms with Crippen molar-refractivity contribution in [3.05, 3.63) is 63.7 Å². The molecular weight excluding hydrogens is 318 g/mol. The van der Waals surface area contributed by atoms with Gasteiger partial charge in [0.2, 0.25) is 5.95 Å². The molecular formula is C18H19N5O2. The maximum Gasteiger partial charge on any atom is 0.269 e. The van der Waals surface area contributed by atoms with E-state index in [0.717, 1.165) is 27.8 Å². The monoisotopic (exact) mass is 337 g/mol. The number of fused-ring (bicyclic) bond motifs is 1. The summed E-state index contributed by atoms with van der Waals surface area (Å²) in [6, 6.07) is 12.5. The smallest absolute Gasteiger partial charge is 0.269 e. The molecule has 0 saturated carbocycles.